The molecule has 0 N–H and O–H groups in total. The molecule has 1 aliphatic heterocycles. The van der Waals surface area contributed by atoms with Crippen LogP contribution in [0.2, 0.25) is 5.02 Å². The standard InChI is InChI=1S/C16H15ClN4O2S2/c17-12-4-6-13(7-5-12)20-8-10-21(11-9-20)25(22,23)15-3-1-2-14-16(15)19-24-18-14/h1-7H,8-11H2. The molecule has 9 heteroatoms. The van der Waals surface area contributed by atoms with Crippen molar-refractivity contribution in [2.24, 2.45) is 0 Å². The highest BCUT2D eigenvalue weighted by molar-refractivity contribution is 7.89. The number of aromatic nitrogens is 2. The van der Waals surface area contributed by atoms with Crippen molar-refractivity contribution in [1.82, 2.24) is 13.1 Å². The molecule has 1 saturated heterocycles. The summed E-state index contributed by atoms with van der Waals surface area (Å²) < 4.78 is 35.8. The molecule has 2 heterocycles. The fraction of sp³-hybridized carbons (Fsp3) is 0.250. The Balaban J connectivity index is 1.55. The fourth-order valence-corrected chi connectivity index (χ4v) is 5.27. The van der Waals surface area contributed by atoms with Crippen molar-refractivity contribution in [3.8, 4) is 0 Å². The number of sulfonamides is 1. The van der Waals surface area contributed by atoms with Gasteiger partial charge in [-0.05, 0) is 36.4 Å². The number of halogens is 1. The molecule has 2 aromatic carbocycles. The van der Waals surface area contributed by atoms with Crippen LogP contribution in [0.4, 0.5) is 5.69 Å². The summed E-state index contributed by atoms with van der Waals surface area (Å²) in [4.78, 5) is 2.39. The average molecular weight is 395 g/mol. The minimum Gasteiger partial charge on any atom is -0.369 e. The number of rotatable bonds is 3. The van der Waals surface area contributed by atoms with Gasteiger partial charge < -0.3 is 4.90 Å². The summed E-state index contributed by atoms with van der Waals surface area (Å²) in [6.45, 7) is 2.12. The Morgan fingerprint density at radius 3 is 2.40 bits per heavy atom. The molecule has 0 amide bonds. The van der Waals surface area contributed by atoms with Crippen molar-refractivity contribution in [3.05, 3.63) is 47.5 Å². The van der Waals surface area contributed by atoms with Gasteiger partial charge in [0.1, 0.15) is 15.9 Å². The lowest BCUT2D eigenvalue weighted by Crippen LogP contribution is -2.48. The lowest BCUT2D eigenvalue weighted by atomic mass is 10.2. The molecular weight excluding hydrogens is 380 g/mol. The second-order valence-electron chi connectivity index (χ2n) is 5.76. The quantitative estimate of drug-likeness (QED) is 0.683. The maximum Gasteiger partial charge on any atom is 0.245 e. The van der Waals surface area contributed by atoms with Gasteiger partial charge in [0.15, 0.2) is 0 Å². The molecular formula is C16H15ClN4O2S2. The molecule has 0 atom stereocenters. The number of hydrogen-bond acceptors (Lipinski definition) is 6. The summed E-state index contributed by atoms with van der Waals surface area (Å²) in [5.74, 6) is 0. The average Bonchev–Trinajstić information content (AvgIpc) is 3.11. The van der Waals surface area contributed by atoms with Gasteiger partial charge >= 0.3 is 0 Å². The van der Waals surface area contributed by atoms with Crippen molar-refractivity contribution >= 4 is 50.1 Å². The van der Waals surface area contributed by atoms with Crippen molar-refractivity contribution < 1.29 is 8.42 Å². The summed E-state index contributed by atoms with van der Waals surface area (Å²) in [6, 6.07) is 12.7. The molecule has 3 aromatic rings. The monoisotopic (exact) mass is 394 g/mol. The first-order chi connectivity index (χ1) is 12.1. The van der Waals surface area contributed by atoms with Crippen molar-refractivity contribution in [3.63, 3.8) is 0 Å². The van der Waals surface area contributed by atoms with E-state index in [1.807, 2.05) is 24.3 Å². The zero-order valence-electron chi connectivity index (χ0n) is 13.2. The van der Waals surface area contributed by atoms with Crippen LogP contribution in [-0.2, 0) is 10.0 Å². The van der Waals surface area contributed by atoms with Gasteiger partial charge in [0.05, 0.1) is 11.7 Å². The molecule has 0 unspecified atom stereocenters. The third-order valence-electron chi connectivity index (χ3n) is 4.30. The fourth-order valence-electron chi connectivity index (χ4n) is 2.97. The van der Waals surface area contributed by atoms with E-state index in [1.54, 1.807) is 18.2 Å². The van der Waals surface area contributed by atoms with E-state index < -0.39 is 10.0 Å². The van der Waals surface area contributed by atoms with E-state index in [2.05, 4.69) is 13.6 Å². The molecule has 0 radical (unpaired) electrons. The Morgan fingerprint density at radius 2 is 1.68 bits per heavy atom. The van der Waals surface area contributed by atoms with Crippen LogP contribution in [0.25, 0.3) is 11.0 Å². The van der Waals surface area contributed by atoms with E-state index in [0.717, 1.165) is 17.4 Å². The Morgan fingerprint density at radius 1 is 0.960 bits per heavy atom. The SMILES string of the molecule is O=S(=O)(c1cccc2nsnc12)N1CCN(c2ccc(Cl)cc2)CC1. The van der Waals surface area contributed by atoms with Gasteiger partial charge in [-0.3, -0.25) is 0 Å². The molecule has 0 saturated carbocycles. The van der Waals surface area contributed by atoms with E-state index in [1.165, 1.54) is 4.31 Å². The predicted octanol–water partition coefficient (Wildman–Crippen LogP) is 2.86. The maximum atomic E-state index is 13.0. The van der Waals surface area contributed by atoms with Crippen LogP contribution >= 0.6 is 23.3 Å². The molecule has 25 heavy (non-hydrogen) atoms. The Labute approximate surface area is 155 Å². The van der Waals surface area contributed by atoms with Crippen LogP contribution < -0.4 is 4.90 Å². The molecule has 0 spiro atoms. The van der Waals surface area contributed by atoms with Crippen LogP contribution in [0, 0.1) is 0 Å². The van der Waals surface area contributed by atoms with Crippen LogP contribution in [0.5, 0.6) is 0 Å². The Bertz CT molecular complexity index is 996. The van der Waals surface area contributed by atoms with Crippen LogP contribution in [0.15, 0.2) is 47.4 Å². The topological polar surface area (TPSA) is 66.4 Å². The highest BCUT2D eigenvalue weighted by Gasteiger charge is 2.30. The number of hydrogen-bond donors (Lipinski definition) is 0. The summed E-state index contributed by atoms with van der Waals surface area (Å²) in [5.41, 5.74) is 2.12. The normalized spacial score (nSPS) is 16.4. The first-order valence-electron chi connectivity index (χ1n) is 7.78. The molecule has 130 valence electrons. The Hall–Kier alpha value is -1.74. The highest BCUT2D eigenvalue weighted by Crippen LogP contribution is 2.26. The zero-order valence-corrected chi connectivity index (χ0v) is 15.6. The molecule has 1 fully saturated rings. The summed E-state index contributed by atoms with van der Waals surface area (Å²) >= 11 is 6.95. The Kier molecular flexibility index (Phi) is 4.36. The van der Waals surface area contributed by atoms with Gasteiger partial charge in [0.25, 0.3) is 0 Å². The highest BCUT2D eigenvalue weighted by atomic mass is 35.5. The van der Waals surface area contributed by atoms with Crippen LogP contribution in [0.3, 0.4) is 0 Å². The van der Waals surface area contributed by atoms with E-state index in [4.69, 9.17) is 11.6 Å². The van der Waals surface area contributed by atoms with Gasteiger partial charge in [-0.15, -0.1) is 0 Å². The van der Waals surface area contributed by atoms with E-state index in [-0.39, 0.29) is 4.90 Å². The van der Waals surface area contributed by atoms with Crippen molar-refractivity contribution in [2.75, 3.05) is 31.1 Å². The predicted molar refractivity (Wildman–Crippen MR) is 99.8 cm³/mol. The second kappa shape index (κ2) is 6.53. The molecule has 0 bridgehead atoms. The van der Waals surface area contributed by atoms with Gasteiger partial charge in [0, 0.05) is 36.9 Å². The molecule has 4 rings (SSSR count). The summed E-state index contributed by atoms with van der Waals surface area (Å²) in [5, 5.41) is 0.690. The van der Waals surface area contributed by atoms with Gasteiger partial charge in [-0.25, -0.2) is 8.42 Å². The largest absolute Gasteiger partial charge is 0.369 e. The number of piperazine rings is 1. The second-order valence-corrected chi connectivity index (χ2v) is 8.63. The number of nitrogens with zero attached hydrogens (tertiary/aromatic N) is 4. The van der Waals surface area contributed by atoms with E-state index in [0.29, 0.717) is 42.2 Å². The first kappa shape index (κ1) is 16.7. The summed E-state index contributed by atoms with van der Waals surface area (Å²) in [7, 11) is -3.58. The third kappa shape index (κ3) is 3.10. The molecule has 6 nitrogen and oxygen atoms in total. The van der Waals surface area contributed by atoms with Crippen LogP contribution in [-0.4, -0.2) is 47.6 Å². The van der Waals surface area contributed by atoms with Gasteiger partial charge in [-0.1, -0.05) is 17.7 Å². The van der Waals surface area contributed by atoms with Crippen LogP contribution in [0.1, 0.15) is 0 Å². The van der Waals surface area contributed by atoms with E-state index >= 15 is 0 Å². The van der Waals surface area contributed by atoms with Crippen molar-refractivity contribution in [2.45, 2.75) is 4.90 Å². The lowest BCUT2D eigenvalue weighted by molar-refractivity contribution is 0.385. The number of anilines is 1. The minimum atomic E-state index is -3.58. The van der Waals surface area contributed by atoms with Crippen molar-refractivity contribution in [1.29, 1.82) is 0 Å². The summed E-state index contributed by atoms with van der Waals surface area (Å²) in [6.07, 6.45) is 0. The zero-order chi connectivity index (χ0) is 17.4. The number of fused-ring (bicyclic) bond motifs is 1. The van der Waals surface area contributed by atoms with Gasteiger partial charge in [-0.2, -0.15) is 13.1 Å². The van der Waals surface area contributed by atoms with E-state index in [9.17, 15) is 8.42 Å². The minimum absolute atomic E-state index is 0.235. The lowest BCUT2D eigenvalue weighted by Gasteiger charge is -2.35. The molecule has 1 aliphatic rings. The molecule has 0 aliphatic carbocycles. The maximum absolute atomic E-state index is 13.0. The smallest absolute Gasteiger partial charge is 0.245 e. The number of benzene rings is 2. The van der Waals surface area contributed by atoms with Gasteiger partial charge in [0.2, 0.25) is 10.0 Å². The molecule has 1 aromatic heterocycles. The third-order valence-corrected chi connectivity index (χ3v) is 7.02. The first-order valence-corrected chi connectivity index (χ1v) is 10.3.